The third kappa shape index (κ3) is 7.08. The van der Waals surface area contributed by atoms with Gasteiger partial charge in [-0.05, 0) is 30.7 Å². The minimum Gasteiger partial charge on any atom is -0.463 e. The standard InChI is InChI=1S/C16H20N2O3/c1-3-11-17-12-15(19)18-14-8-5-13(6-9-14)7-10-16(20)21-4-2/h3,5-10,17H,1,4,11-12H2,2H3,(H,18,19). The molecule has 1 amide bonds. The van der Waals surface area contributed by atoms with Crippen molar-refractivity contribution in [3.63, 3.8) is 0 Å². The second kappa shape index (κ2) is 9.50. The van der Waals surface area contributed by atoms with Gasteiger partial charge in [0.2, 0.25) is 5.91 Å². The van der Waals surface area contributed by atoms with Gasteiger partial charge in [0.15, 0.2) is 0 Å². The minimum atomic E-state index is -0.372. The van der Waals surface area contributed by atoms with E-state index in [1.807, 2.05) is 12.1 Å². The average Bonchev–Trinajstić information content (AvgIpc) is 2.47. The Hall–Kier alpha value is -2.40. The second-order valence-corrected chi connectivity index (χ2v) is 4.18. The first-order chi connectivity index (χ1) is 10.2. The molecular weight excluding hydrogens is 268 g/mol. The fourth-order valence-electron chi connectivity index (χ4n) is 1.53. The Bertz CT molecular complexity index is 507. The van der Waals surface area contributed by atoms with Crippen LogP contribution >= 0.6 is 0 Å². The molecule has 0 radical (unpaired) electrons. The Balaban J connectivity index is 2.48. The van der Waals surface area contributed by atoms with Crippen LogP contribution in [-0.4, -0.2) is 31.6 Å². The lowest BCUT2D eigenvalue weighted by atomic mass is 10.2. The number of carbonyl (C=O) groups excluding carboxylic acids is 2. The van der Waals surface area contributed by atoms with E-state index in [1.165, 1.54) is 6.08 Å². The van der Waals surface area contributed by atoms with Crippen LogP contribution in [0.5, 0.6) is 0 Å². The van der Waals surface area contributed by atoms with E-state index in [-0.39, 0.29) is 18.4 Å². The van der Waals surface area contributed by atoms with Crippen LogP contribution in [0.25, 0.3) is 6.08 Å². The monoisotopic (exact) mass is 288 g/mol. The van der Waals surface area contributed by atoms with Gasteiger partial charge in [0.25, 0.3) is 0 Å². The molecule has 0 bridgehead atoms. The molecule has 1 aromatic carbocycles. The van der Waals surface area contributed by atoms with Crippen LogP contribution in [0.2, 0.25) is 0 Å². The predicted molar refractivity (Wildman–Crippen MR) is 83.8 cm³/mol. The molecule has 0 aliphatic rings. The molecule has 0 heterocycles. The van der Waals surface area contributed by atoms with Gasteiger partial charge in [-0.2, -0.15) is 0 Å². The predicted octanol–water partition coefficient (Wildman–Crippen LogP) is 1.98. The summed E-state index contributed by atoms with van der Waals surface area (Å²) in [7, 11) is 0. The molecule has 2 N–H and O–H groups in total. The number of esters is 1. The number of rotatable bonds is 8. The Morgan fingerprint density at radius 1 is 1.29 bits per heavy atom. The smallest absolute Gasteiger partial charge is 0.330 e. The van der Waals surface area contributed by atoms with Crippen molar-refractivity contribution in [1.82, 2.24) is 5.32 Å². The van der Waals surface area contributed by atoms with Crippen molar-refractivity contribution in [2.24, 2.45) is 0 Å². The average molecular weight is 288 g/mol. The normalized spacial score (nSPS) is 10.3. The molecule has 5 nitrogen and oxygen atoms in total. The number of hydrogen-bond donors (Lipinski definition) is 2. The maximum absolute atomic E-state index is 11.6. The van der Waals surface area contributed by atoms with Crippen molar-refractivity contribution in [1.29, 1.82) is 0 Å². The van der Waals surface area contributed by atoms with Gasteiger partial charge < -0.3 is 15.4 Å². The molecule has 1 rings (SSSR count). The molecule has 0 saturated heterocycles. The zero-order valence-electron chi connectivity index (χ0n) is 12.1. The van der Waals surface area contributed by atoms with E-state index < -0.39 is 0 Å². The maximum Gasteiger partial charge on any atom is 0.330 e. The van der Waals surface area contributed by atoms with Crippen LogP contribution in [0.4, 0.5) is 5.69 Å². The first kappa shape index (κ1) is 16.7. The zero-order valence-corrected chi connectivity index (χ0v) is 12.1. The Morgan fingerprint density at radius 2 is 2.00 bits per heavy atom. The summed E-state index contributed by atoms with van der Waals surface area (Å²) in [6.45, 7) is 6.49. The lowest BCUT2D eigenvalue weighted by molar-refractivity contribution is -0.137. The summed E-state index contributed by atoms with van der Waals surface area (Å²) < 4.78 is 4.79. The molecule has 0 aromatic heterocycles. The molecule has 0 spiro atoms. The highest BCUT2D eigenvalue weighted by molar-refractivity contribution is 5.92. The number of anilines is 1. The van der Waals surface area contributed by atoms with E-state index in [9.17, 15) is 9.59 Å². The van der Waals surface area contributed by atoms with Crippen molar-refractivity contribution < 1.29 is 14.3 Å². The maximum atomic E-state index is 11.6. The Kier molecular flexibility index (Phi) is 7.53. The van der Waals surface area contributed by atoms with E-state index in [1.54, 1.807) is 31.2 Å². The molecule has 0 unspecified atom stereocenters. The molecule has 0 saturated carbocycles. The number of nitrogens with one attached hydrogen (secondary N) is 2. The highest BCUT2D eigenvalue weighted by Crippen LogP contribution is 2.10. The summed E-state index contributed by atoms with van der Waals surface area (Å²) in [4.78, 5) is 22.8. The van der Waals surface area contributed by atoms with Crippen LogP contribution < -0.4 is 10.6 Å². The number of amides is 1. The third-order valence-corrected chi connectivity index (χ3v) is 2.47. The Morgan fingerprint density at radius 3 is 2.62 bits per heavy atom. The van der Waals surface area contributed by atoms with Crippen LogP contribution in [0.15, 0.2) is 43.0 Å². The summed E-state index contributed by atoms with van der Waals surface area (Å²) in [6.07, 6.45) is 4.73. The lowest BCUT2D eigenvalue weighted by Crippen LogP contribution is -2.28. The molecular formula is C16H20N2O3. The second-order valence-electron chi connectivity index (χ2n) is 4.18. The molecule has 5 heteroatoms. The van der Waals surface area contributed by atoms with E-state index in [2.05, 4.69) is 17.2 Å². The van der Waals surface area contributed by atoms with Crippen LogP contribution in [0.3, 0.4) is 0 Å². The SMILES string of the molecule is C=CCNCC(=O)Nc1ccc(C=CC(=O)OCC)cc1. The quantitative estimate of drug-likeness (QED) is 0.332. The first-order valence-electron chi connectivity index (χ1n) is 6.72. The van der Waals surface area contributed by atoms with Crippen molar-refractivity contribution in [2.75, 3.05) is 25.0 Å². The van der Waals surface area contributed by atoms with Gasteiger partial charge in [-0.3, -0.25) is 4.79 Å². The molecule has 21 heavy (non-hydrogen) atoms. The summed E-state index contributed by atoms with van der Waals surface area (Å²) in [5.74, 6) is -0.491. The number of hydrogen-bond acceptors (Lipinski definition) is 4. The van der Waals surface area contributed by atoms with Crippen LogP contribution in [0, 0.1) is 0 Å². The molecule has 0 aliphatic carbocycles. The molecule has 112 valence electrons. The number of benzene rings is 1. The minimum absolute atomic E-state index is 0.119. The fraction of sp³-hybridized carbons (Fsp3) is 0.250. The summed E-state index contributed by atoms with van der Waals surface area (Å²) >= 11 is 0. The highest BCUT2D eigenvalue weighted by atomic mass is 16.5. The number of ether oxygens (including phenoxy) is 1. The first-order valence-corrected chi connectivity index (χ1v) is 6.72. The van der Waals surface area contributed by atoms with Crippen molar-refractivity contribution in [3.05, 3.63) is 48.6 Å². The molecule has 0 atom stereocenters. The van der Waals surface area contributed by atoms with Crippen LogP contribution in [0.1, 0.15) is 12.5 Å². The van der Waals surface area contributed by atoms with Gasteiger partial charge in [0.1, 0.15) is 0 Å². The fourth-order valence-corrected chi connectivity index (χ4v) is 1.53. The van der Waals surface area contributed by atoms with Crippen molar-refractivity contribution >= 4 is 23.6 Å². The summed E-state index contributed by atoms with van der Waals surface area (Å²) in [5, 5.41) is 5.68. The summed E-state index contributed by atoms with van der Waals surface area (Å²) in [6, 6.07) is 7.16. The van der Waals surface area contributed by atoms with Crippen molar-refractivity contribution in [2.45, 2.75) is 6.92 Å². The van der Waals surface area contributed by atoms with E-state index in [0.717, 1.165) is 5.56 Å². The van der Waals surface area contributed by atoms with Gasteiger partial charge in [-0.15, -0.1) is 6.58 Å². The molecule has 1 aromatic rings. The lowest BCUT2D eigenvalue weighted by Gasteiger charge is -2.05. The third-order valence-electron chi connectivity index (χ3n) is 2.47. The van der Waals surface area contributed by atoms with Crippen molar-refractivity contribution in [3.8, 4) is 0 Å². The molecule has 0 fully saturated rings. The van der Waals surface area contributed by atoms with E-state index in [4.69, 9.17) is 4.74 Å². The van der Waals surface area contributed by atoms with Gasteiger partial charge in [-0.1, -0.05) is 18.2 Å². The number of carbonyl (C=O) groups is 2. The Labute approximate surface area is 124 Å². The zero-order chi connectivity index (χ0) is 15.5. The van der Waals surface area contributed by atoms with Crippen LogP contribution in [-0.2, 0) is 14.3 Å². The highest BCUT2D eigenvalue weighted by Gasteiger charge is 2.01. The summed E-state index contributed by atoms with van der Waals surface area (Å²) in [5.41, 5.74) is 1.56. The topological polar surface area (TPSA) is 67.4 Å². The largest absolute Gasteiger partial charge is 0.463 e. The van der Waals surface area contributed by atoms with Gasteiger partial charge in [0.05, 0.1) is 13.2 Å². The van der Waals surface area contributed by atoms with E-state index >= 15 is 0 Å². The van der Waals surface area contributed by atoms with Gasteiger partial charge in [-0.25, -0.2) is 4.79 Å². The van der Waals surface area contributed by atoms with E-state index in [0.29, 0.717) is 18.8 Å². The molecule has 0 aliphatic heterocycles. The van der Waals surface area contributed by atoms with Gasteiger partial charge in [0, 0.05) is 18.3 Å². The van der Waals surface area contributed by atoms with Gasteiger partial charge >= 0.3 is 5.97 Å².